The standard InChI is InChI=1S/C15H11BrClFO/c16-12-4-1-10(2-5-12)3-6-15(19)11-7-13(17)9-14(18)8-11/h1-2,4-5,7-9H,3,6H2. The lowest BCUT2D eigenvalue weighted by Gasteiger charge is -2.03. The van der Waals surface area contributed by atoms with Crippen LogP contribution in [0.25, 0.3) is 0 Å². The molecule has 0 saturated carbocycles. The zero-order valence-corrected chi connectivity index (χ0v) is 12.3. The van der Waals surface area contributed by atoms with Gasteiger partial charge >= 0.3 is 0 Å². The first-order valence-electron chi connectivity index (χ1n) is 5.78. The van der Waals surface area contributed by atoms with Crippen molar-refractivity contribution in [1.82, 2.24) is 0 Å². The van der Waals surface area contributed by atoms with E-state index in [1.165, 1.54) is 18.2 Å². The van der Waals surface area contributed by atoms with E-state index in [1.807, 2.05) is 24.3 Å². The summed E-state index contributed by atoms with van der Waals surface area (Å²) in [5.41, 5.74) is 1.39. The molecule has 2 aromatic carbocycles. The Morgan fingerprint density at radius 2 is 1.84 bits per heavy atom. The Kier molecular flexibility index (Phi) is 4.72. The second-order valence-electron chi connectivity index (χ2n) is 4.21. The number of hydrogen-bond donors (Lipinski definition) is 0. The third-order valence-corrected chi connectivity index (χ3v) is 3.49. The smallest absolute Gasteiger partial charge is 0.163 e. The molecule has 1 nitrogen and oxygen atoms in total. The van der Waals surface area contributed by atoms with Crippen LogP contribution in [-0.4, -0.2) is 5.78 Å². The summed E-state index contributed by atoms with van der Waals surface area (Å²) in [5.74, 6) is -0.594. The molecule has 0 aliphatic carbocycles. The number of rotatable bonds is 4. The fourth-order valence-electron chi connectivity index (χ4n) is 1.77. The Bertz CT molecular complexity index is 575. The topological polar surface area (TPSA) is 17.1 Å². The Balaban J connectivity index is 2.03. The first-order chi connectivity index (χ1) is 9.04. The normalized spacial score (nSPS) is 10.5. The molecule has 0 unspecified atom stereocenters. The zero-order valence-electron chi connectivity index (χ0n) is 10.00. The van der Waals surface area contributed by atoms with Crippen LogP contribution >= 0.6 is 27.5 Å². The van der Waals surface area contributed by atoms with Crippen molar-refractivity contribution >= 4 is 33.3 Å². The molecule has 0 saturated heterocycles. The van der Waals surface area contributed by atoms with Crippen LogP contribution in [0.4, 0.5) is 4.39 Å². The first kappa shape index (κ1) is 14.2. The minimum absolute atomic E-state index is 0.107. The molecule has 0 bridgehead atoms. The molecule has 2 rings (SSSR count). The summed E-state index contributed by atoms with van der Waals surface area (Å²) >= 11 is 9.09. The first-order valence-corrected chi connectivity index (χ1v) is 6.95. The van der Waals surface area contributed by atoms with Crippen LogP contribution in [0, 0.1) is 5.82 Å². The van der Waals surface area contributed by atoms with Crippen molar-refractivity contribution < 1.29 is 9.18 Å². The molecule has 2 aromatic rings. The molecule has 0 N–H and O–H groups in total. The van der Waals surface area contributed by atoms with E-state index in [0.717, 1.165) is 10.0 Å². The van der Waals surface area contributed by atoms with E-state index >= 15 is 0 Å². The number of ketones is 1. The maximum Gasteiger partial charge on any atom is 0.163 e. The molecule has 0 aliphatic rings. The number of benzene rings is 2. The van der Waals surface area contributed by atoms with Crippen LogP contribution in [0.15, 0.2) is 46.9 Å². The molecule has 0 fully saturated rings. The van der Waals surface area contributed by atoms with Gasteiger partial charge in [-0.15, -0.1) is 0 Å². The van der Waals surface area contributed by atoms with Crippen molar-refractivity contribution in [2.75, 3.05) is 0 Å². The highest BCUT2D eigenvalue weighted by atomic mass is 79.9. The van der Waals surface area contributed by atoms with Gasteiger partial charge in [-0.3, -0.25) is 4.79 Å². The molecule has 4 heteroatoms. The summed E-state index contributed by atoms with van der Waals surface area (Å²) in [6.45, 7) is 0. The fourth-order valence-corrected chi connectivity index (χ4v) is 2.25. The number of carbonyl (C=O) groups is 1. The van der Waals surface area contributed by atoms with Gasteiger partial charge in [-0.05, 0) is 42.3 Å². The minimum Gasteiger partial charge on any atom is -0.294 e. The SMILES string of the molecule is O=C(CCc1ccc(Br)cc1)c1cc(F)cc(Cl)c1. The van der Waals surface area contributed by atoms with Crippen LogP contribution in [0.2, 0.25) is 5.02 Å². The third-order valence-electron chi connectivity index (χ3n) is 2.74. The van der Waals surface area contributed by atoms with Crippen LogP contribution in [0.3, 0.4) is 0 Å². The number of hydrogen-bond acceptors (Lipinski definition) is 1. The lowest BCUT2D eigenvalue weighted by atomic mass is 10.0. The van der Waals surface area contributed by atoms with Crippen molar-refractivity contribution in [3.8, 4) is 0 Å². The van der Waals surface area contributed by atoms with Gasteiger partial charge in [0.05, 0.1) is 0 Å². The average molecular weight is 342 g/mol. The van der Waals surface area contributed by atoms with Crippen LogP contribution < -0.4 is 0 Å². The molecular weight excluding hydrogens is 331 g/mol. The number of Topliss-reactive ketones (excluding diaryl/α,β-unsaturated/α-hetero) is 1. The molecule has 0 heterocycles. The van der Waals surface area contributed by atoms with E-state index in [1.54, 1.807) is 0 Å². The largest absolute Gasteiger partial charge is 0.294 e. The highest BCUT2D eigenvalue weighted by molar-refractivity contribution is 9.10. The number of aryl methyl sites for hydroxylation is 1. The third kappa shape index (κ3) is 4.15. The van der Waals surface area contributed by atoms with Gasteiger partial charge in [-0.25, -0.2) is 4.39 Å². The van der Waals surface area contributed by atoms with E-state index < -0.39 is 5.82 Å². The Morgan fingerprint density at radius 1 is 1.16 bits per heavy atom. The van der Waals surface area contributed by atoms with Gasteiger partial charge in [-0.2, -0.15) is 0 Å². The highest BCUT2D eigenvalue weighted by Crippen LogP contribution is 2.17. The number of carbonyl (C=O) groups excluding carboxylic acids is 1. The Hall–Kier alpha value is -1.19. The summed E-state index contributed by atoms with van der Waals surface area (Å²) in [7, 11) is 0. The predicted octanol–water partition coefficient (Wildman–Crippen LogP) is 5.06. The van der Waals surface area contributed by atoms with Crippen molar-refractivity contribution in [3.05, 3.63) is 68.9 Å². The van der Waals surface area contributed by atoms with Gasteiger partial charge in [0.15, 0.2) is 5.78 Å². The van der Waals surface area contributed by atoms with E-state index in [0.29, 0.717) is 18.4 Å². The molecule has 0 atom stereocenters. The van der Waals surface area contributed by atoms with Gasteiger partial charge in [0.2, 0.25) is 0 Å². The quantitative estimate of drug-likeness (QED) is 0.711. The van der Waals surface area contributed by atoms with E-state index in [4.69, 9.17) is 11.6 Å². The van der Waals surface area contributed by atoms with Crippen LogP contribution in [-0.2, 0) is 6.42 Å². The fraction of sp³-hybridized carbons (Fsp3) is 0.133. The van der Waals surface area contributed by atoms with Crippen molar-refractivity contribution in [1.29, 1.82) is 0 Å². The molecule has 19 heavy (non-hydrogen) atoms. The molecular formula is C15H11BrClFO. The molecule has 0 spiro atoms. The summed E-state index contributed by atoms with van der Waals surface area (Å²) in [5, 5.41) is 0.243. The van der Waals surface area contributed by atoms with Gasteiger partial charge in [0, 0.05) is 21.5 Å². The lowest BCUT2D eigenvalue weighted by molar-refractivity contribution is 0.0982. The Morgan fingerprint density at radius 3 is 2.47 bits per heavy atom. The molecule has 0 amide bonds. The van der Waals surface area contributed by atoms with Gasteiger partial charge in [0.1, 0.15) is 5.82 Å². The summed E-state index contributed by atoms with van der Waals surface area (Å²) < 4.78 is 14.2. The van der Waals surface area contributed by atoms with Crippen LogP contribution in [0.1, 0.15) is 22.3 Å². The summed E-state index contributed by atoms with van der Waals surface area (Å²) in [4.78, 5) is 12.0. The van der Waals surface area contributed by atoms with Crippen molar-refractivity contribution in [2.24, 2.45) is 0 Å². The summed E-state index contributed by atoms with van der Waals surface area (Å²) in [6, 6.07) is 11.7. The summed E-state index contributed by atoms with van der Waals surface area (Å²) in [6.07, 6.45) is 0.960. The minimum atomic E-state index is -0.487. The maximum absolute atomic E-state index is 13.2. The average Bonchev–Trinajstić information content (AvgIpc) is 2.36. The highest BCUT2D eigenvalue weighted by Gasteiger charge is 2.09. The van der Waals surface area contributed by atoms with E-state index in [-0.39, 0.29) is 10.8 Å². The second kappa shape index (κ2) is 6.31. The molecule has 98 valence electrons. The van der Waals surface area contributed by atoms with Gasteiger partial charge in [-0.1, -0.05) is 39.7 Å². The van der Waals surface area contributed by atoms with Crippen molar-refractivity contribution in [3.63, 3.8) is 0 Å². The van der Waals surface area contributed by atoms with E-state index in [2.05, 4.69) is 15.9 Å². The zero-order chi connectivity index (χ0) is 13.8. The van der Waals surface area contributed by atoms with Gasteiger partial charge in [0.25, 0.3) is 0 Å². The van der Waals surface area contributed by atoms with Crippen LogP contribution in [0.5, 0.6) is 0 Å². The van der Waals surface area contributed by atoms with E-state index in [9.17, 15) is 9.18 Å². The van der Waals surface area contributed by atoms with Crippen molar-refractivity contribution in [2.45, 2.75) is 12.8 Å². The molecule has 0 aromatic heterocycles. The number of halogens is 3. The van der Waals surface area contributed by atoms with Gasteiger partial charge < -0.3 is 0 Å². The Labute approximate surface area is 124 Å². The lowest BCUT2D eigenvalue weighted by Crippen LogP contribution is -2.02. The predicted molar refractivity (Wildman–Crippen MR) is 78.2 cm³/mol. The maximum atomic E-state index is 13.2. The second-order valence-corrected chi connectivity index (χ2v) is 5.56. The monoisotopic (exact) mass is 340 g/mol. The molecule has 0 radical (unpaired) electrons. The molecule has 0 aliphatic heterocycles.